The highest BCUT2D eigenvalue weighted by molar-refractivity contribution is 7.91. The van der Waals surface area contributed by atoms with Crippen LogP contribution in [0.2, 0.25) is 0 Å². The van der Waals surface area contributed by atoms with Crippen LogP contribution in [0.3, 0.4) is 0 Å². The average molecular weight is 1350 g/mol. The topological polar surface area (TPSA) is 589 Å². The molecule has 39 heteroatoms. The van der Waals surface area contributed by atoms with Gasteiger partial charge in [-0.3, -0.25) is 0 Å². The molecule has 5 radical (unpaired) electrons. The lowest BCUT2D eigenvalue weighted by atomic mass is 9.95. The van der Waals surface area contributed by atoms with Gasteiger partial charge in [-0.05, 0) is 25.7 Å². The van der Waals surface area contributed by atoms with Crippen molar-refractivity contribution in [1.82, 2.24) is 5.32 Å². The zero-order valence-electron chi connectivity index (χ0n) is 48.3. The molecule has 22 aliphatic rings. The first-order valence-electron chi connectivity index (χ1n) is 29.4. The number of hydrogen-bond donors (Lipinski definition) is 21. The van der Waals surface area contributed by atoms with Gasteiger partial charge in [-0.2, -0.15) is 0 Å². The predicted molar refractivity (Wildman–Crippen MR) is 284 cm³/mol. The highest BCUT2D eigenvalue weighted by Gasteiger charge is 2.59. The van der Waals surface area contributed by atoms with Crippen LogP contribution >= 0.6 is 0 Å². The molecule has 21 saturated heterocycles. The molecule has 0 aromatic rings. The summed E-state index contributed by atoms with van der Waals surface area (Å²) >= 11 is 0. The van der Waals surface area contributed by atoms with Gasteiger partial charge in [0.15, 0.2) is 53.9 Å². The van der Waals surface area contributed by atoms with Gasteiger partial charge in [0.25, 0.3) is 0 Å². The number of aliphatic hydroxyl groups excluding tert-OH is 20. The minimum atomic E-state index is -3.80. The highest BCUT2D eigenvalue weighted by Crippen LogP contribution is 2.39. The summed E-state index contributed by atoms with van der Waals surface area (Å²) in [6.07, 6.45) is -64.1. The maximum atomic E-state index is 13.0. The van der Waals surface area contributed by atoms with E-state index in [1.54, 1.807) is 25.7 Å². The third-order valence-corrected chi connectivity index (χ3v) is 18.7. The molecule has 22 rings (SSSR count). The molecule has 0 unspecified atom stereocenters. The van der Waals surface area contributed by atoms with Gasteiger partial charge in [-0.15, -0.1) is 0 Å². The number of ether oxygens (including phenoxy) is 15. The van der Waals surface area contributed by atoms with Gasteiger partial charge in [-0.1, -0.05) is 0 Å². The molecule has 21 N–H and O–H groups in total. The lowest BCUT2D eigenvalue weighted by molar-refractivity contribution is -0.396. The van der Waals surface area contributed by atoms with Crippen molar-refractivity contribution < 1.29 is 182 Å². The molecular weight excluding hydrogens is 1260 g/mol. The van der Waals surface area contributed by atoms with E-state index in [4.69, 9.17) is 71.1 Å². The van der Waals surface area contributed by atoms with E-state index in [0.717, 1.165) is 5.92 Å². The van der Waals surface area contributed by atoms with Crippen molar-refractivity contribution in [3.8, 4) is 0 Å². The van der Waals surface area contributed by atoms with E-state index >= 15 is 0 Å². The largest absolute Gasteiger partial charge is 0.394 e. The van der Waals surface area contributed by atoms with E-state index in [9.17, 15) is 111 Å². The second-order valence-corrected chi connectivity index (χ2v) is 25.5. The summed E-state index contributed by atoms with van der Waals surface area (Å²) in [5.74, 6) is -0.0520. The Morgan fingerprint density at radius 2 is 0.560 bits per heavy atom. The van der Waals surface area contributed by atoms with Crippen LogP contribution in [-0.4, -0.2) is 403 Å². The molecule has 38 nitrogen and oxygen atoms in total. The summed E-state index contributed by atoms with van der Waals surface area (Å²) in [6, 6.07) is 0. The second kappa shape index (κ2) is 32.5. The molecule has 22 fully saturated rings. The van der Waals surface area contributed by atoms with E-state index in [2.05, 4.69) is 5.32 Å². The van der Waals surface area contributed by atoms with E-state index in [1.807, 2.05) is 0 Å². The third kappa shape index (κ3) is 16.3. The molecule has 1 saturated carbocycles. The summed E-state index contributed by atoms with van der Waals surface area (Å²) < 4.78 is 113. The van der Waals surface area contributed by atoms with E-state index in [0.29, 0.717) is 0 Å². The monoisotopic (exact) mass is 1350 g/mol. The van der Waals surface area contributed by atoms with E-state index < -0.39 is 277 Å². The number of hydrogen-bond acceptors (Lipinski definition) is 38. The van der Waals surface area contributed by atoms with Gasteiger partial charge < -0.3 is 179 Å². The SMILES string of the molecule is O=S(=O)(CCNC[C@H]1O[C@@H]2O[C@H]3[C@H](O)[C@@H](O)[C@@H](O[C@H]4[C@H](O)[C@@H](O)[C@@H](O[C@H]5[C@H](O)[C@@H](O)[C@@H](O[C@H]6[C@H](O)[C@@H](O)[C@@H](O[C@H]7[C@H](O)[C@@H](O)[C@@H](O[C@H]8[C@H](O)[C@@H](O)[C@@H](O[C@H]1[C@H](O)[C@H]2O)O[C@@H]8CO)O[C@@H]7CO)O[C@@H]6CO)O[C@@H]5CO)O[C@@H]4CO)O[C@@H]3CO)CCOC[C]1[CH][CH][CH][CH]1. The van der Waals surface area contributed by atoms with Crippen LogP contribution in [0, 0.1) is 31.6 Å². The molecular formula is C52H84NO37S. The first-order chi connectivity index (χ1) is 43.4. The summed E-state index contributed by atoms with van der Waals surface area (Å²) in [4.78, 5) is 0. The van der Waals surface area contributed by atoms with Crippen LogP contribution in [0.1, 0.15) is 0 Å². The summed E-state index contributed by atoms with van der Waals surface area (Å²) in [5.41, 5.74) is 0. The van der Waals surface area contributed by atoms with Gasteiger partial charge >= 0.3 is 0 Å². The summed E-state index contributed by atoms with van der Waals surface area (Å²) in [5, 5.41) is 227. The molecule has 21 heterocycles. The summed E-state index contributed by atoms with van der Waals surface area (Å²) in [6.45, 7) is -7.22. The standard InChI is InChI=1S/C52H84NO37S/c54-10-19-40-27(62)34(69)48(79-19)87-42-21(12-56)81-50(36(71)29(42)64)89-44-23(14-58)83-52(38(73)31(44)66)90-45-24(15-59)82-51(37(72)30(45)65)88-43-22(13-57)80-49(35(70)28(43)63)86-41-20(11-55)78-47(33(68)26(41)61)84-39-18(77-46(85-40)32(67)25(39)60)9-53-5-7-91(74,75)8-6-76-16-17-3-1-2-4-17/h1-4,18-73H,5-16H2/t18-,19-,20-,21-,22-,23-,24-,25-,26-,27-,28-,29-,30-,31-,32-,33-,34-,35-,36-,37-,38-,39-,40-,41-,42-,43-,44-,45-,46-,47-,48-,49-,50-,51-,52-/m1/s1. The van der Waals surface area contributed by atoms with Crippen molar-refractivity contribution in [3.63, 3.8) is 0 Å². The molecule has 91 heavy (non-hydrogen) atoms. The van der Waals surface area contributed by atoms with Crippen LogP contribution in [0.5, 0.6) is 0 Å². The van der Waals surface area contributed by atoms with Crippen molar-refractivity contribution in [2.45, 2.75) is 215 Å². The minimum Gasteiger partial charge on any atom is -0.394 e. The fourth-order valence-corrected chi connectivity index (χ4v) is 12.9. The van der Waals surface area contributed by atoms with Crippen LogP contribution in [0.25, 0.3) is 0 Å². The second-order valence-electron chi connectivity index (χ2n) is 23.2. The van der Waals surface area contributed by atoms with Gasteiger partial charge in [0.2, 0.25) is 0 Å². The van der Waals surface area contributed by atoms with E-state index in [-0.39, 0.29) is 25.5 Å². The number of sulfone groups is 1. The zero-order chi connectivity index (χ0) is 65.9. The van der Waals surface area contributed by atoms with Crippen LogP contribution in [0.4, 0.5) is 0 Å². The van der Waals surface area contributed by atoms with E-state index in [1.165, 1.54) is 0 Å². The van der Waals surface area contributed by atoms with Gasteiger partial charge in [0, 0.05) is 19.0 Å². The van der Waals surface area contributed by atoms with Crippen LogP contribution in [0.15, 0.2) is 0 Å². The van der Waals surface area contributed by atoms with Crippen molar-refractivity contribution in [2.75, 3.05) is 77.5 Å². The molecule has 0 aromatic heterocycles. The van der Waals surface area contributed by atoms with Crippen molar-refractivity contribution >= 4 is 9.84 Å². The molecule has 35 atom stereocenters. The van der Waals surface area contributed by atoms with Crippen LogP contribution < -0.4 is 5.32 Å². The molecule has 525 valence electrons. The lowest BCUT2D eigenvalue weighted by Gasteiger charge is -2.50. The normalized spacial score (nSPS) is 50.0. The fourth-order valence-electron chi connectivity index (χ4n) is 11.9. The minimum absolute atomic E-state index is 0.155. The average Bonchev–Trinajstić information content (AvgIpc) is 0.822. The number of rotatable bonds is 16. The van der Waals surface area contributed by atoms with Gasteiger partial charge in [-0.25, -0.2) is 8.42 Å². The first kappa shape index (κ1) is 73.7. The molecule has 1 aliphatic carbocycles. The maximum absolute atomic E-state index is 13.0. The highest BCUT2D eigenvalue weighted by atomic mass is 32.2. The number of nitrogens with one attached hydrogen (secondary N) is 1. The van der Waals surface area contributed by atoms with Crippen molar-refractivity contribution in [3.05, 3.63) is 31.6 Å². The predicted octanol–water partition coefficient (Wildman–Crippen LogP) is -14.8. The molecule has 0 aromatic carbocycles. The third-order valence-electron chi connectivity index (χ3n) is 17.1. The van der Waals surface area contributed by atoms with Crippen molar-refractivity contribution in [1.29, 1.82) is 0 Å². The Morgan fingerprint density at radius 1 is 0.330 bits per heavy atom. The maximum Gasteiger partial charge on any atom is 0.187 e. The Balaban J connectivity index is 0.982. The van der Waals surface area contributed by atoms with Crippen molar-refractivity contribution in [2.24, 2.45) is 0 Å². The zero-order valence-corrected chi connectivity index (χ0v) is 49.1. The Bertz CT molecular complexity index is 2310. The molecule has 0 spiro atoms. The smallest absolute Gasteiger partial charge is 0.187 e. The van der Waals surface area contributed by atoms with Gasteiger partial charge in [0.05, 0.1) is 64.4 Å². The molecule has 14 bridgehead atoms. The van der Waals surface area contributed by atoms with Crippen LogP contribution in [-0.2, 0) is 80.9 Å². The summed E-state index contributed by atoms with van der Waals surface area (Å²) in [7, 11) is -3.80. The molecule has 21 aliphatic heterocycles. The lowest BCUT2D eigenvalue weighted by Crippen LogP contribution is -2.68. The Morgan fingerprint density at radius 3 is 0.802 bits per heavy atom. The van der Waals surface area contributed by atoms with Gasteiger partial charge in [0.1, 0.15) is 171 Å². The Labute approximate surface area is 519 Å². The number of aliphatic hydroxyl groups is 20. The Hall–Kier alpha value is -1.49. The Kier molecular flexibility index (Phi) is 26.3. The molecule has 0 amide bonds. The quantitative estimate of drug-likeness (QED) is 0.0638. The first-order valence-corrected chi connectivity index (χ1v) is 31.3. The fraction of sp³-hybridized carbons (Fsp3) is 0.904.